The summed E-state index contributed by atoms with van der Waals surface area (Å²) in [6, 6.07) is 7.43. The minimum atomic E-state index is -2.89. The summed E-state index contributed by atoms with van der Waals surface area (Å²) in [7, 11) is -2.89. The number of benzene rings is 1. The molecule has 2 fully saturated rings. The second-order valence-electron chi connectivity index (χ2n) is 6.60. The average molecular weight is 337 g/mol. The molecule has 5 nitrogen and oxygen atoms in total. The highest BCUT2D eigenvalue weighted by atomic mass is 32.2. The van der Waals surface area contributed by atoms with E-state index in [1.807, 2.05) is 31.2 Å². The molecule has 1 aromatic rings. The van der Waals surface area contributed by atoms with Crippen LogP contribution in [0.1, 0.15) is 32.6 Å². The van der Waals surface area contributed by atoms with Crippen molar-refractivity contribution >= 4 is 21.4 Å². The van der Waals surface area contributed by atoms with Crippen LogP contribution in [0.3, 0.4) is 0 Å². The van der Waals surface area contributed by atoms with E-state index in [1.54, 1.807) is 0 Å². The molecule has 1 aliphatic heterocycles. The third-order valence-electron chi connectivity index (χ3n) is 4.93. The number of nitrogens with one attached hydrogen (secondary N) is 1. The van der Waals surface area contributed by atoms with Crippen molar-refractivity contribution in [1.82, 2.24) is 0 Å². The lowest BCUT2D eigenvalue weighted by Gasteiger charge is -2.22. The lowest BCUT2D eigenvalue weighted by Crippen LogP contribution is -2.28. The van der Waals surface area contributed by atoms with Gasteiger partial charge in [-0.25, -0.2) is 8.42 Å². The number of rotatable bonds is 5. The molecule has 1 saturated heterocycles. The first-order valence-electron chi connectivity index (χ1n) is 8.19. The first kappa shape index (κ1) is 16.3. The van der Waals surface area contributed by atoms with E-state index < -0.39 is 9.84 Å². The average Bonchev–Trinajstić information content (AvgIpc) is 3.25. The molecule has 3 rings (SSSR count). The molecule has 1 heterocycles. The van der Waals surface area contributed by atoms with Crippen LogP contribution >= 0.6 is 0 Å². The quantitative estimate of drug-likeness (QED) is 0.896. The van der Waals surface area contributed by atoms with Crippen molar-refractivity contribution in [1.29, 1.82) is 0 Å². The van der Waals surface area contributed by atoms with Crippen LogP contribution in [0.15, 0.2) is 24.3 Å². The predicted octanol–water partition coefficient (Wildman–Crippen LogP) is 2.63. The first-order valence-corrected chi connectivity index (χ1v) is 10.0. The van der Waals surface area contributed by atoms with Gasteiger partial charge in [0.15, 0.2) is 0 Å². The molecule has 1 amide bonds. The van der Waals surface area contributed by atoms with Gasteiger partial charge in [-0.1, -0.05) is 19.1 Å². The highest BCUT2D eigenvalue weighted by molar-refractivity contribution is 7.91. The number of carbonyl (C=O) groups is 1. The summed E-state index contributed by atoms with van der Waals surface area (Å²) in [5.41, 5.74) is 0.602. The van der Waals surface area contributed by atoms with Gasteiger partial charge in [0.1, 0.15) is 15.6 Å². The summed E-state index contributed by atoms with van der Waals surface area (Å²) < 4.78 is 28.8. The van der Waals surface area contributed by atoms with E-state index in [4.69, 9.17) is 4.74 Å². The van der Waals surface area contributed by atoms with E-state index in [-0.39, 0.29) is 28.7 Å². The fourth-order valence-electron chi connectivity index (χ4n) is 3.34. The molecule has 1 spiro atoms. The van der Waals surface area contributed by atoms with E-state index in [0.29, 0.717) is 30.9 Å². The number of hydrogen-bond acceptors (Lipinski definition) is 4. The molecular weight excluding hydrogens is 314 g/mol. The van der Waals surface area contributed by atoms with Gasteiger partial charge in [-0.15, -0.1) is 0 Å². The van der Waals surface area contributed by atoms with Crippen LogP contribution in [-0.4, -0.2) is 32.4 Å². The minimum absolute atomic E-state index is 0.0168. The lowest BCUT2D eigenvalue weighted by molar-refractivity contribution is -0.118. The van der Waals surface area contributed by atoms with Crippen molar-refractivity contribution in [3.8, 4) is 5.75 Å². The molecule has 1 saturated carbocycles. The second-order valence-corrected chi connectivity index (χ2v) is 8.91. The van der Waals surface area contributed by atoms with Gasteiger partial charge in [0.05, 0.1) is 23.8 Å². The van der Waals surface area contributed by atoms with Crippen LogP contribution in [0.5, 0.6) is 5.75 Å². The molecule has 0 unspecified atom stereocenters. The largest absolute Gasteiger partial charge is 0.491 e. The van der Waals surface area contributed by atoms with Crippen LogP contribution in [0.2, 0.25) is 0 Å². The molecule has 1 aromatic carbocycles. The van der Waals surface area contributed by atoms with Gasteiger partial charge in [-0.2, -0.15) is 0 Å². The van der Waals surface area contributed by atoms with Crippen molar-refractivity contribution in [2.24, 2.45) is 11.3 Å². The predicted molar refractivity (Wildman–Crippen MR) is 89.3 cm³/mol. The molecule has 2 aliphatic rings. The zero-order valence-electron chi connectivity index (χ0n) is 13.4. The fraction of sp³-hybridized carbons (Fsp3) is 0.588. The van der Waals surface area contributed by atoms with Crippen LogP contribution in [0.4, 0.5) is 5.69 Å². The van der Waals surface area contributed by atoms with E-state index >= 15 is 0 Å². The molecule has 0 radical (unpaired) electrons. The van der Waals surface area contributed by atoms with E-state index in [0.717, 1.165) is 12.8 Å². The molecule has 1 N–H and O–H groups in total. The van der Waals surface area contributed by atoms with Crippen molar-refractivity contribution in [3.05, 3.63) is 24.3 Å². The van der Waals surface area contributed by atoms with Crippen molar-refractivity contribution in [3.63, 3.8) is 0 Å². The maximum Gasteiger partial charge on any atom is 0.228 e. The highest BCUT2D eigenvalue weighted by Gasteiger charge is 2.59. The smallest absolute Gasteiger partial charge is 0.228 e. The normalized spacial score (nSPS) is 24.1. The van der Waals surface area contributed by atoms with Crippen LogP contribution < -0.4 is 10.1 Å². The van der Waals surface area contributed by atoms with Crippen LogP contribution in [-0.2, 0) is 14.6 Å². The summed E-state index contributed by atoms with van der Waals surface area (Å²) in [5.74, 6) is 1.03. The van der Waals surface area contributed by atoms with E-state index in [9.17, 15) is 13.2 Å². The monoisotopic (exact) mass is 337 g/mol. The Bertz CT molecular complexity index is 684. The minimum Gasteiger partial charge on any atom is -0.491 e. The summed E-state index contributed by atoms with van der Waals surface area (Å²) in [6.45, 7) is 2.64. The molecule has 1 atom stereocenters. The summed E-state index contributed by atoms with van der Waals surface area (Å²) in [4.78, 5) is 12.5. The van der Waals surface area contributed by atoms with Gasteiger partial charge < -0.3 is 10.1 Å². The van der Waals surface area contributed by atoms with Crippen molar-refractivity contribution < 1.29 is 17.9 Å². The Kier molecular flexibility index (Phi) is 4.36. The van der Waals surface area contributed by atoms with Crippen LogP contribution in [0.25, 0.3) is 0 Å². The van der Waals surface area contributed by atoms with Crippen LogP contribution in [0, 0.1) is 11.3 Å². The maximum atomic E-state index is 12.5. The second kappa shape index (κ2) is 6.15. The Labute approximate surface area is 137 Å². The third kappa shape index (κ3) is 3.52. The standard InChI is InChI=1S/C17H23NO4S/c1-2-9-22-15-6-4-3-5-14(15)18-16(19)13-12-17(13)7-10-23(20,21)11-8-17/h3-6,13H,2,7-12H2,1H3,(H,18,19)/t13-/m0/s1. The molecule has 6 heteroatoms. The Hall–Kier alpha value is -1.56. The highest BCUT2D eigenvalue weighted by Crippen LogP contribution is 2.60. The number of carbonyl (C=O) groups excluding carboxylic acids is 1. The first-order chi connectivity index (χ1) is 11.0. The van der Waals surface area contributed by atoms with Crippen molar-refractivity contribution in [2.45, 2.75) is 32.6 Å². The lowest BCUT2D eigenvalue weighted by atomic mass is 9.96. The number of amides is 1. The van der Waals surface area contributed by atoms with Gasteiger partial charge in [0, 0.05) is 5.92 Å². The van der Waals surface area contributed by atoms with E-state index in [2.05, 4.69) is 5.32 Å². The van der Waals surface area contributed by atoms with E-state index in [1.165, 1.54) is 0 Å². The third-order valence-corrected chi connectivity index (χ3v) is 6.59. The Morgan fingerprint density at radius 1 is 1.30 bits per heavy atom. The number of anilines is 1. The molecule has 0 aromatic heterocycles. The molecule has 126 valence electrons. The van der Waals surface area contributed by atoms with Gasteiger partial charge in [0.25, 0.3) is 0 Å². The Balaban J connectivity index is 1.63. The summed E-state index contributed by atoms with van der Waals surface area (Å²) in [5, 5.41) is 2.96. The summed E-state index contributed by atoms with van der Waals surface area (Å²) in [6.07, 6.45) is 2.93. The number of hydrogen-bond donors (Lipinski definition) is 1. The Morgan fingerprint density at radius 2 is 2.00 bits per heavy atom. The topological polar surface area (TPSA) is 72.5 Å². The molecular formula is C17H23NO4S. The number of ether oxygens (including phenoxy) is 1. The zero-order chi connectivity index (χ0) is 16.5. The SMILES string of the molecule is CCCOc1ccccc1NC(=O)[C@@H]1CC12CCS(=O)(=O)CC2. The van der Waals surface area contributed by atoms with Gasteiger partial charge >= 0.3 is 0 Å². The molecule has 23 heavy (non-hydrogen) atoms. The fourth-order valence-corrected chi connectivity index (χ4v) is 4.98. The zero-order valence-corrected chi connectivity index (χ0v) is 14.2. The molecule has 0 bridgehead atoms. The van der Waals surface area contributed by atoms with Gasteiger partial charge in [0.2, 0.25) is 5.91 Å². The number of sulfone groups is 1. The van der Waals surface area contributed by atoms with Gasteiger partial charge in [-0.05, 0) is 43.2 Å². The van der Waals surface area contributed by atoms with Gasteiger partial charge in [-0.3, -0.25) is 4.79 Å². The molecule has 1 aliphatic carbocycles. The Morgan fingerprint density at radius 3 is 2.70 bits per heavy atom. The number of para-hydroxylation sites is 2. The maximum absolute atomic E-state index is 12.5. The van der Waals surface area contributed by atoms with Crippen molar-refractivity contribution in [2.75, 3.05) is 23.4 Å². The summed E-state index contributed by atoms with van der Waals surface area (Å²) >= 11 is 0.